The second-order valence-electron chi connectivity index (χ2n) is 3.53. The first-order valence-corrected chi connectivity index (χ1v) is 6.09. The van der Waals surface area contributed by atoms with Crippen molar-refractivity contribution in [3.8, 4) is 0 Å². The average Bonchev–Trinajstić information content (AvgIpc) is 2.27. The molecule has 2 rings (SSSR count). The molecule has 1 aliphatic rings. The lowest BCUT2D eigenvalue weighted by atomic mass is 9.94. The summed E-state index contributed by atoms with van der Waals surface area (Å²) in [6.07, 6.45) is 0.0197. The van der Waals surface area contributed by atoms with Crippen LogP contribution in [0.4, 0.5) is 0 Å². The fourth-order valence-electron chi connectivity index (χ4n) is 1.78. The standard InChI is InChI=1S/C10H8N2O4S/c11-12-8-5-6-3-1-2-4-7(6)9(13)10(8)17(14,15)16/h1-4,13H,5H2,(H,14,15,16). The molecule has 17 heavy (non-hydrogen) atoms. The number of aliphatic hydroxyl groups excluding tert-OH is 1. The van der Waals surface area contributed by atoms with E-state index in [4.69, 9.17) is 10.1 Å². The van der Waals surface area contributed by atoms with E-state index < -0.39 is 20.8 Å². The van der Waals surface area contributed by atoms with Gasteiger partial charge in [-0.25, -0.2) is 0 Å². The van der Waals surface area contributed by atoms with Crippen molar-refractivity contribution in [3.63, 3.8) is 0 Å². The van der Waals surface area contributed by atoms with Crippen LogP contribution in [0, 0.1) is 0 Å². The van der Waals surface area contributed by atoms with Crippen LogP contribution in [0.15, 0.2) is 29.2 Å². The van der Waals surface area contributed by atoms with Crippen molar-refractivity contribution in [2.75, 3.05) is 0 Å². The van der Waals surface area contributed by atoms with Gasteiger partial charge in [-0.2, -0.15) is 13.2 Å². The number of aliphatic hydroxyl groups is 1. The molecular weight excluding hydrogens is 244 g/mol. The molecule has 0 saturated carbocycles. The van der Waals surface area contributed by atoms with Gasteiger partial charge in [0.1, 0.15) is 0 Å². The third kappa shape index (κ3) is 1.87. The van der Waals surface area contributed by atoms with Crippen molar-refractivity contribution in [3.05, 3.63) is 45.8 Å². The van der Waals surface area contributed by atoms with Crippen LogP contribution in [0.2, 0.25) is 0 Å². The number of nitrogens with zero attached hydrogens (tertiary/aromatic N) is 2. The van der Waals surface area contributed by atoms with Crippen LogP contribution in [0.3, 0.4) is 0 Å². The summed E-state index contributed by atoms with van der Waals surface area (Å²) in [5, 5.41) is 9.81. The van der Waals surface area contributed by atoms with Crippen LogP contribution in [-0.4, -0.2) is 28.6 Å². The largest absolute Gasteiger partial charge is 0.506 e. The maximum atomic E-state index is 11.1. The second-order valence-corrected chi connectivity index (χ2v) is 4.89. The summed E-state index contributed by atoms with van der Waals surface area (Å²) in [6, 6.07) is 6.51. The second kappa shape index (κ2) is 3.81. The lowest BCUT2D eigenvalue weighted by molar-refractivity contribution is -0.00616. The first kappa shape index (κ1) is 11.5. The van der Waals surface area contributed by atoms with Gasteiger partial charge in [0.15, 0.2) is 5.76 Å². The van der Waals surface area contributed by atoms with Crippen LogP contribution in [0.1, 0.15) is 11.1 Å². The van der Waals surface area contributed by atoms with Crippen molar-refractivity contribution < 1.29 is 22.9 Å². The summed E-state index contributed by atoms with van der Waals surface area (Å²) in [7, 11) is -4.64. The Balaban J connectivity index is 2.83. The maximum absolute atomic E-state index is 11.1. The minimum atomic E-state index is -4.64. The minimum absolute atomic E-state index is 0.0197. The molecule has 0 amide bonds. The number of hydrogen-bond donors (Lipinski definition) is 2. The Morgan fingerprint density at radius 3 is 2.53 bits per heavy atom. The monoisotopic (exact) mass is 252 g/mol. The first-order chi connectivity index (χ1) is 7.95. The Morgan fingerprint density at radius 1 is 1.29 bits per heavy atom. The third-order valence-electron chi connectivity index (χ3n) is 2.49. The molecular formula is C10H8N2O4S. The summed E-state index contributed by atoms with van der Waals surface area (Å²) < 4.78 is 31.2. The highest BCUT2D eigenvalue weighted by Gasteiger charge is 2.37. The van der Waals surface area contributed by atoms with E-state index in [9.17, 15) is 13.5 Å². The zero-order valence-electron chi connectivity index (χ0n) is 8.53. The molecule has 0 aromatic heterocycles. The molecule has 1 aromatic rings. The Morgan fingerprint density at radius 2 is 1.94 bits per heavy atom. The smallest absolute Gasteiger partial charge is 0.321 e. The molecule has 0 atom stereocenters. The van der Waals surface area contributed by atoms with E-state index in [1.54, 1.807) is 18.2 Å². The molecule has 0 unspecified atom stereocenters. The number of fused-ring (bicyclic) bond motifs is 1. The van der Waals surface area contributed by atoms with E-state index in [0.717, 1.165) is 0 Å². The summed E-state index contributed by atoms with van der Waals surface area (Å²) in [4.78, 5) is 2.05. The molecule has 0 spiro atoms. The van der Waals surface area contributed by atoms with E-state index in [-0.39, 0.29) is 12.1 Å². The van der Waals surface area contributed by atoms with E-state index in [1.165, 1.54) is 6.07 Å². The SMILES string of the molecule is [N-]=[N+]=C1Cc2ccccc2C(O)=C1S(=O)(=O)O. The lowest BCUT2D eigenvalue weighted by Crippen LogP contribution is -2.22. The zero-order valence-corrected chi connectivity index (χ0v) is 9.35. The number of benzene rings is 1. The van der Waals surface area contributed by atoms with Crippen LogP contribution in [-0.2, 0) is 16.5 Å². The molecule has 0 saturated heterocycles. The number of rotatable bonds is 1. The van der Waals surface area contributed by atoms with Crippen molar-refractivity contribution in [2.45, 2.75) is 6.42 Å². The zero-order chi connectivity index (χ0) is 12.6. The summed E-state index contributed by atoms with van der Waals surface area (Å²) in [6.45, 7) is 0. The average molecular weight is 252 g/mol. The van der Waals surface area contributed by atoms with Gasteiger partial charge in [-0.15, -0.1) is 0 Å². The van der Waals surface area contributed by atoms with Gasteiger partial charge in [0.2, 0.25) is 4.91 Å². The van der Waals surface area contributed by atoms with E-state index in [2.05, 4.69) is 4.79 Å². The van der Waals surface area contributed by atoms with Crippen LogP contribution in [0.25, 0.3) is 11.3 Å². The molecule has 88 valence electrons. The van der Waals surface area contributed by atoms with Gasteiger partial charge in [-0.1, -0.05) is 24.3 Å². The molecule has 1 aliphatic carbocycles. The normalized spacial score (nSPS) is 15.5. The third-order valence-corrected chi connectivity index (χ3v) is 3.43. The molecule has 0 heterocycles. The summed E-state index contributed by atoms with van der Waals surface area (Å²) >= 11 is 0. The van der Waals surface area contributed by atoms with E-state index in [0.29, 0.717) is 11.1 Å². The van der Waals surface area contributed by atoms with Gasteiger partial charge < -0.3 is 10.6 Å². The maximum Gasteiger partial charge on any atom is 0.321 e. The van der Waals surface area contributed by atoms with Gasteiger partial charge in [0.25, 0.3) is 0 Å². The van der Waals surface area contributed by atoms with Crippen molar-refractivity contribution >= 4 is 21.6 Å². The number of allylic oxidation sites excluding steroid dienone is 1. The molecule has 1 aromatic carbocycles. The molecule has 2 N–H and O–H groups in total. The number of hydrogen-bond acceptors (Lipinski definition) is 3. The molecule has 7 heteroatoms. The van der Waals surface area contributed by atoms with Crippen molar-refractivity contribution in [1.29, 1.82) is 0 Å². The van der Waals surface area contributed by atoms with Gasteiger partial charge in [0.05, 0.1) is 6.42 Å². The van der Waals surface area contributed by atoms with Crippen LogP contribution < -0.4 is 0 Å². The van der Waals surface area contributed by atoms with E-state index >= 15 is 0 Å². The Bertz CT molecular complexity index is 669. The molecule has 0 fully saturated rings. The molecule has 0 bridgehead atoms. The highest BCUT2D eigenvalue weighted by atomic mass is 32.2. The summed E-state index contributed by atoms with van der Waals surface area (Å²) in [5.41, 5.74) is 9.36. The molecule has 6 nitrogen and oxygen atoms in total. The summed E-state index contributed by atoms with van der Waals surface area (Å²) in [5.74, 6) is -0.609. The van der Waals surface area contributed by atoms with Gasteiger partial charge in [-0.05, 0) is 5.56 Å². The first-order valence-electron chi connectivity index (χ1n) is 4.65. The molecule has 0 aliphatic heterocycles. The highest BCUT2D eigenvalue weighted by molar-refractivity contribution is 7.91. The predicted molar refractivity (Wildman–Crippen MR) is 59.9 cm³/mol. The van der Waals surface area contributed by atoms with Gasteiger partial charge >= 0.3 is 15.8 Å². The highest BCUT2D eigenvalue weighted by Crippen LogP contribution is 2.29. The van der Waals surface area contributed by atoms with Gasteiger partial charge in [0, 0.05) is 5.56 Å². The Kier molecular flexibility index (Phi) is 2.59. The fraction of sp³-hybridized carbons (Fsp3) is 0.100. The quantitative estimate of drug-likeness (QED) is 0.441. The Hall–Kier alpha value is -1.95. The van der Waals surface area contributed by atoms with E-state index in [1.807, 2.05) is 0 Å². The topological polar surface area (TPSA) is 111 Å². The van der Waals surface area contributed by atoms with Crippen molar-refractivity contribution in [1.82, 2.24) is 0 Å². The lowest BCUT2D eigenvalue weighted by Gasteiger charge is -2.14. The fourth-order valence-corrected chi connectivity index (χ4v) is 2.54. The van der Waals surface area contributed by atoms with Crippen LogP contribution in [0.5, 0.6) is 0 Å². The molecule has 0 radical (unpaired) electrons. The van der Waals surface area contributed by atoms with Gasteiger partial charge in [-0.3, -0.25) is 4.55 Å². The Labute approximate surface area is 97.2 Å². The van der Waals surface area contributed by atoms with Crippen LogP contribution >= 0.6 is 0 Å². The van der Waals surface area contributed by atoms with Crippen molar-refractivity contribution in [2.24, 2.45) is 0 Å². The minimum Gasteiger partial charge on any atom is -0.506 e. The predicted octanol–water partition coefficient (Wildman–Crippen LogP) is 1.03.